The first-order chi connectivity index (χ1) is 10.5. The van der Waals surface area contributed by atoms with Crippen LogP contribution in [0, 0.1) is 11.6 Å². The van der Waals surface area contributed by atoms with E-state index in [0.29, 0.717) is 17.9 Å². The Morgan fingerprint density at radius 3 is 2.64 bits per heavy atom. The highest BCUT2D eigenvalue weighted by molar-refractivity contribution is 5.33. The second-order valence-corrected chi connectivity index (χ2v) is 4.96. The van der Waals surface area contributed by atoms with Crippen LogP contribution in [0.3, 0.4) is 0 Å². The molecule has 0 aliphatic heterocycles. The molecule has 5 nitrogen and oxygen atoms in total. The summed E-state index contributed by atoms with van der Waals surface area (Å²) < 4.78 is 29.6. The fraction of sp³-hybridized carbons (Fsp3) is 0.200. The molecular weight excluding hydrogens is 290 g/mol. The summed E-state index contributed by atoms with van der Waals surface area (Å²) in [4.78, 5) is 0. The van der Waals surface area contributed by atoms with E-state index in [4.69, 9.17) is 0 Å². The van der Waals surface area contributed by atoms with Gasteiger partial charge in [0, 0.05) is 18.5 Å². The van der Waals surface area contributed by atoms with Crippen molar-refractivity contribution in [3.8, 4) is 5.69 Å². The minimum Gasteiger partial charge on any atom is -0.387 e. The number of aliphatic hydroxyl groups excluding tert-OH is 1. The van der Waals surface area contributed by atoms with Gasteiger partial charge in [0.1, 0.15) is 11.5 Å². The zero-order valence-electron chi connectivity index (χ0n) is 11.8. The van der Waals surface area contributed by atoms with E-state index < -0.39 is 17.7 Å². The third-order valence-electron chi connectivity index (χ3n) is 3.21. The Morgan fingerprint density at radius 1 is 1.14 bits per heavy atom. The molecule has 7 heteroatoms. The largest absolute Gasteiger partial charge is 0.387 e. The number of hydrogen-bond acceptors (Lipinski definition) is 3. The Labute approximate surface area is 125 Å². The molecule has 2 heterocycles. The zero-order chi connectivity index (χ0) is 15.7. The first kappa shape index (κ1) is 14.4. The molecule has 0 radical (unpaired) electrons. The highest BCUT2D eigenvalue weighted by Gasteiger charge is 2.09. The van der Waals surface area contributed by atoms with E-state index >= 15 is 0 Å². The van der Waals surface area contributed by atoms with Crippen LogP contribution >= 0.6 is 0 Å². The normalized spacial score (nSPS) is 12.5. The van der Waals surface area contributed by atoms with Crippen molar-refractivity contribution in [2.75, 3.05) is 0 Å². The average molecular weight is 304 g/mol. The van der Waals surface area contributed by atoms with Crippen LogP contribution in [-0.2, 0) is 6.54 Å². The molecule has 3 rings (SSSR count). The Kier molecular flexibility index (Phi) is 3.72. The van der Waals surface area contributed by atoms with E-state index in [1.165, 1.54) is 16.8 Å². The molecule has 0 saturated carbocycles. The fourth-order valence-electron chi connectivity index (χ4n) is 2.10. The van der Waals surface area contributed by atoms with E-state index in [0.717, 1.165) is 6.07 Å². The lowest BCUT2D eigenvalue weighted by atomic mass is 10.3. The van der Waals surface area contributed by atoms with Crippen LogP contribution in [0.15, 0.2) is 42.7 Å². The molecular formula is C15H14F2N4O. The first-order valence-corrected chi connectivity index (χ1v) is 6.74. The summed E-state index contributed by atoms with van der Waals surface area (Å²) in [5.41, 5.74) is 1.42. The van der Waals surface area contributed by atoms with Gasteiger partial charge in [0.15, 0.2) is 5.82 Å². The number of nitrogens with zero attached hydrogens (tertiary/aromatic N) is 4. The van der Waals surface area contributed by atoms with E-state index in [2.05, 4.69) is 10.2 Å². The number of hydrogen-bond donors (Lipinski definition) is 1. The minimum absolute atomic E-state index is 0.179. The summed E-state index contributed by atoms with van der Waals surface area (Å²) in [6.45, 7) is 2.03. The highest BCUT2D eigenvalue weighted by atomic mass is 19.1. The van der Waals surface area contributed by atoms with Crippen molar-refractivity contribution in [3.05, 3.63) is 65.7 Å². The van der Waals surface area contributed by atoms with Crippen LogP contribution in [0.4, 0.5) is 8.78 Å². The lowest BCUT2D eigenvalue weighted by molar-refractivity contribution is 0.193. The Morgan fingerprint density at radius 2 is 1.95 bits per heavy atom. The summed E-state index contributed by atoms with van der Waals surface area (Å²) in [6.07, 6.45) is 2.71. The maximum Gasteiger partial charge on any atom is 0.151 e. The van der Waals surface area contributed by atoms with E-state index in [1.807, 2.05) is 0 Å². The van der Waals surface area contributed by atoms with E-state index in [-0.39, 0.29) is 5.69 Å². The molecule has 1 aromatic carbocycles. The van der Waals surface area contributed by atoms with Crippen molar-refractivity contribution in [3.63, 3.8) is 0 Å². The van der Waals surface area contributed by atoms with Crippen molar-refractivity contribution in [1.29, 1.82) is 0 Å². The summed E-state index contributed by atoms with van der Waals surface area (Å²) >= 11 is 0. The van der Waals surface area contributed by atoms with Crippen LogP contribution in [0.5, 0.6) is 0 Å². The van der Waals surface area contributed by atoms with Gasteiger partial charge in [-0.15, -0.1) is 0 Å². The van der Waals surface area contributed by atoms with Gasteiger partial charge in [-0.1, -0.05) is 0 Å². The lowest BCUT2D eigenvalue weighted by Crippen LogP contribution is -2.05. The van der Waals surface area contributed by atoms with Crippen LogP contribution in [0.1, 0.15) is 24.4 Å². The topological polar surface area (TPSA) is 55.9 Å². The Bertz CT molecular complexity index is 794. The van der Waals surface area contributed by atoms with E-state index in [1.54, 1.807) is 36.1 Å². The third-order valence-corrected chi connectivity index (χ3v) is 3.21. The second kappa shape index (κ2) is 5.69. The molecule has 2 aromatic heterocycles. The summed E-state index contributed by atoms with van der Waals surface area (Å²) in [6, 6.07) is 6.79. The molecule has 114 valence electrons. The van der Waals surface area contributed by atoms with Gasteiger partial charge >= 0.3 is 0 Å². The monoisotopic (exact) mass is 304 g/mol. The van der Waals surface area contributed by atoms with Crippen molar-refractivity contribution in [2.45, 2.75) is 19.6 Å². The molecule has 22 heavy (non-hydrogen) atoms. The van der Waals surface area contributed by atoms with Crippen LogP contribution in [-0.4, -0.2) is 24.7 Å². The Balaban J connectivity index is 1.81. The van der Waals surface area contributed by atoms with Gasteiger partial charge in [-0.2, -0.15) is 10.2 Å². The molecule has 1 atom stereocenters. The molecule has 0 saturated heterocycles. The number of halogens is 2. The smallest absolute Gasteiger partial charge is 0.151 e. The van der Waals surface area contributed by atoms with E-state index in [9.17, 15) is 13.9 Å². The number of rotatable bonds is 4. The van der Waals surface area contributed by atoms with Crippen LogP contribution in [0.25, 0.3) is 5.69 Å². The van der Waals surface area contributed by atoms with Crippen LogP contribution < -0.4 is 0 Å². The van der Waals surface area contributed by atoms with Gasteiger partial charge in [-0.05, 0) is 31.2 Å². The minimum atomic E-state index is -0.676. The average Bonchev–Trinajstić information content (AvgIpc) is 3.09. The Hall–Kier alpha value is -2.54. The molecule has 0 aliphatic carbocycles. The fourth-order valence-corrected chi connectivity index (χ4v) is 2.10. The first-order valence-electron chi connectivity index (χ1n) is 6.74. The molecule has 0 unspecified atom stereocenters. The van der Waals surface area contributed by atoms with Crippen molar-refractivity contribution < 1.29 is 13.9 Å². The van der Waals surface area contributed by atoms with Gasteiger partial charge in [0.2, 0.25) is 0 Å². The van der Waals surface area contributed by atoms with Crippen molar-refractivity contribution in [1.82, 2.24) is 19.6 Å². The predicted octanol–water partition coefficient (Wildman–Crippen LogP) is 2.45. The predicted molar refractivity (Wildman–Crippen MR) is 75.4 cm³/mol. The summed E-state index contributed by atoms with van der Waals surface area (Å²) in [5, 5.41) is 17.9. The van der Waals surface area contributed by atoms with Gasteiger partial charge in [0.25, 0.3) is 0 Å². The number of aliphatic hydroxyl groups is 1. The van der Waals surface area contributed by atoms with Crippen LogP contribution in [0.2, 0.25) is 0 Å². The summed E-state index contributed by atoms with van der Waals surface area (Å²) in [5.74, 6) is -1.30. The molecule has 1 N–H and O–H groups in total. The number of benzene rings is 1. The van der Waals surface area contributed by atoms with Crippen molar-refractivity contribution >= 4 is 0 Å². The molecule has 0 amide bonds. The molecule has 3 aromatic rings. The summed E-state index contributed by atoms with van der Waals surface area (Å²) in [7, 11) is 0. The second-order valence-electron chi connectivity index (χ2n) is 4.96. The zero-order valence-corrected chi connectivity index (χ0v) is 11.8. The SMILES string of the molecule is C[C@@H](O)c1ccn(Cc2ccn(-c3ccc(F)cc3F)n2)n1. The molecule has 0 bridgehead atoms. The molecule has 0 aliphatic rings. The van der Waals surface area contributed by atoms with Crippen molar-refractivity contribution in [2.24, 2.45) is 0 Å². The third kappa shape index (κ3) is 2.89. The van der Waals surface area contributed by atoms with Gasteiger partial charge in [-0.3, -0.25) is 4.68 Å². The maximum atomic E-state index is 13.7. The van der Waals surface area contributed by atoms with Gasteiger partial charge in [0.05, 0.1) is 24.0 Å². The number of aromatic nitrogens is 4. The standard InChI is InChI=1S/C15H14F2N4O/c1-10(22)14-5-6-20(19-14)9-12-4-7-21(18-12)15-3-2-11(16)8-13(15)17/h2-8,10,22H,9H2,1H3/t10-/m1/s1. The molecule has 0 fully saturated rings. The van der Waals surface area contributed by atoms with Gasteiger partial charge in [-0.25, -0.2) is 13.5 Å². The quantitative estimate of drug-likeness (QED) is 0.805. The highest BCUT2D eigenvalue weighted by Crippen LogP contribution is 2.15. The molecule has 0 spiro atoms. The lowest BCUT2D eigenvalue weighted by Gasteiger charge is -2.03. The van der Waals surface area contributed by atoms with Gasteiger partial charge < -0.3 is 5.11 Å². The maximum absolute atomic E-state index is 13.7.